The first-order valence-corrected chi connectivity index (χ1v) is 8.63. The summed E-state index contributed by atoms with van der Waals surface area (Å²) in [4.78, 5) is 24.1. The minimum Gasteiger partial charge on any atom is -0.408 e. The van der Waals surface area contributed by atoms with Gasteiger partial charge in [-0.25, -0.2) is 9.59 Å². The number of rotatable bonds is 3. The molecule has 25 heavy (non-hydrogen) atoms. The number of hydrogen-bond acceptors (Lipinski definition) is 3. The number of aryl methyl sites for hydroxylation is 1. The van der Waals surface area contributed by atoms with Gasteiger partial charge in [0.25, 0.3) is 0 Å². The van der Waals surface area contributed by atoms with E-state index in [2.05, 4.69) is 26.6 Å². The standard InChI is InChI=1S/C18H18BrN3O3/c1-10(2)22-15-7-5-13(9-16(15)25-18(22)24)21-17(23)20-12-4-6-14(19)11(3)8-12/h4-10H,1-3H3,(H2,20,21,23). The molecule has 1 aromatic heterocycles. The first-order valence-electron chi connectivity index (χ1n) is 7.84. The van der Waals surface area contributed by atoms with Crippen molar-refractivity contribution < 1.29 is 9.21 Å². The second-order valence-electron chi connectivity index (χ2n) is 6.06. The molecule has 0 atom stereocenters. The zero-order valence-electron chi connectivity index (χ0n) is 14.1. The van der Waals surface area contributed by atoms with Crippen molar-refractivity contribution in [2.75, 3.05) is 10.6 Å². The van der Waals surface area contributed by atoms with Crippen molar-refractivity contribution in [3.63, 3.8) is 0 Å². The first-order chi connectivity index (χ1) is 11.8. The van der Waals surface area contributed by atoms with Gasteiger partial charge in [0.1, 0.15) is 0 Å². The van der Waals surface area contributed by atoms with Crippen LogP contribution in [0.2, 0.25) is 0 Å². The maximum atomic E-state index is 12.2. The van der Waals surface area contributed by atoms with Crippen molar-refractivity contribution in [3.8, 4) is 0 Å². The number of nitrogens with one attached hydrogen (secondary N) is 2. The van der Waals surface area contributed by atoms with Crippen molar-refractivity contribution in [1.82, 2.24) is 4.57 Å². The third-order valence-electron chi connectivity index (χ3n) is 3.80. The van der Waals surface area contributed by atoms with E-state index in [-0.39, 0.29) is 12.1 Å². The number of amides is 2. The van der Waals surface area contributed by atoms with E-state index in [9.17, 15) is 9.59 Å². The number of urea groups is 1. The maximum absolute atomic E-state index is 12.2. The topological polar surface area (TPSA) is 76.3 Å². The molecule has 130 valence electrons. The van der Waals surface area contributed by atoms with E-state index < -0.39 is 5.76 Å². The van der Waals surface area contributed by atoms with Crippen LogP contribution in [-0.2, 0) is 0 Å². The van der Waals surface area contributed by atoms with Crippen LogP contribution < -0.4 is 16.4 Å². The zero-order chi connectivity index (χ0) is 18.1. The molecule has 3 aromatic rings. The minimum atomic E-state index is -0.406. The number of nitrogens with zero attached hydrogens (tertiary/aromatic N) is 1. The van der Waals surface area contributed by atoms with Crippen LogP contribution in [0.3, 0.4) is 0 Å². The highest BCUT2D eigenvalue weighted by Gasteiger charge is 2.13. The molecule has 0 fully saturated rings. The fourth-order valence-corrected chi connectivity index (χ4v) is 2.87. The summed E-state index contributed by atoms with van der Waals surface area (Å²) in [5.74, 6) is -0.406. The molecular weight excluding hydrogens is 386 g/mol. The fraction of sp³-hybridized carbons (Fsp3) is 0.222. The van der Waals surface area contributed by atoms with E-state index >= 15 is 0 Å². The molecule has 0 spiro atoms. The summed E-state index contributed by atoms with van der Waals surface area (Å²) in [5.41, 5.74) is 3.40. The largest absolute Gasteiger partial charge is 0.420 e. The van der Waals surface area contributed by atoms with Crippen LogP contribution >= 0.6 is 15.9 Å². The lowest BCUT2D eigenvalue weighted by Crippen LogP contribution is -2.19. The molecule has 6 nitrogen and oxygen atoms in total. The van der Waals surface area contributed by atoms with E-state index in [1.807, 2.05) is 39.0 Å². The average molecular weight is 404 g/mol. The van der Waals surface area contributed by atoms with Gasteiger partial charge in [-0.3, -0.25) is 4.57 Å². The molecule has 0 aliphatic heterocycles. The Morgan fingerprint density at radius 1 is 1.12 bits per heavy atom. The van der Waals surface area contributed by atoms with E-state index in [1.165, 1.54) is 0 Å². The van der Waals surface area contributed by atoms with Crippen LogP contribution in [0.25, 0.3) is 11.1 Å². The molecule has 2 N–H and O–H groups in total. The molecule has 0 bridgehead atoms. The number of oxazole rings is 1. The summed E-state index contributed by atoms with van der Waals surface area (Å²) in [6.07, 6.45) is 0. The SMILES string of the molecule is Cc1cc(NC(=O)Nc2ccc3c(c2)oc(=O)n3C(C)C)ccc1Br. The lowest BCUT2D eigenvalue weighted by atomic mass is 10.2. The van der Waals surface area contributed by atoms with Gasteiger partial charge in [0.15, 0.2) is 5.58 Å². The van der Waals surface area contributed by atoms with Gasteiger partial charge in [0.2, 0.25) is 0 Å². The van der Waals surface area contributed by atoms with Gasteiger partial charge in [-0.05, 0) is 56.7 Å². The van der Waals surface area contributed by atoms with Gasteiger partial charge < -0.3 is 15.1 Å². The van der Waals surface area contributed by atoms with Crippen molar-refractivity contribution in [3.05, 3.63) is 57.0 Å². The highest BCUT2D eigenvalue weighted by molar-refractivity contribution is 9.10. The third kappa shape index (κ3) is 3.61. The van der Waals surface area contributed by atoms with Crippen molar-refractivity contribution >= 4 is 44.4 Å². The van der Waals surface area contributed by atoms with Crippen molar-refractivity contribution in [1.29, 1.82) is 0 Å². The molecular formula is C18H18BrN3O3. The van der Waals surface area contributed by atoms with Crippen molar-refractivity contribution in [2.24, 2.45) is 0 Å². The van der Waals surface area contributed by atoms with Gasteiger partial charge in [-0.15, -0.1) is 0 Å². The van der Waals surface area contributed by atoms with Gasteiger partial charge in [0, 0.05) is 28.0 Å². The third-order valence-corrected chi connectivity index (χ3v) is 4.69. The summed E-state index contributed by atoms with van der Waals surface area (Å²) in [6.45, 7) is 5.77. The monoisotopic (exact) mass is 403 g/mol. The van der Waals surface area contributed by atoms with Gasteiger partial charge in [-0.1, -0.05) is 15.9 Å². The Morgan fingerprint density at radius 2 is 1.76 bits per heavy atom. The molecule has 7 heteroatoms. The molecule has 0 saturated carbocycles. The molecule has 0 saturated heterocycles. The van der Waals surface area contributed by atoms with Crippen molar-refractivity contribution in [2.45, 2.75) is 26.8 Å². The summed E-state index contributed by atoms with van der Waals surface area (Å²) in [6, 6.07) is 10.3. The van der Waals surface area contributed by atoms with Crippen LogP contribution in [0.4, 0.5) is 16.2 Å². The van der Waals surface area contributed by atoms with Gasteiger partial charge in [0.05, 0.1) is 5.52 Å². The predicted molar refractivity (Wildman–Crippen MR) is 102 cm³/mol. The highest BCUT2D eigenvalue weighted by atomic mass is 79.9. The zero-order valence-corrected chi connectivity index (χ0v) is 15.7. The van der Waals surface area contributed by atoms with Gasteiger partial charge in [-0.2, -0.15) is 0 Å². The summed E-state index contributed by atoms with van der Waals surface area (Å²) >= 11 is 3.42. The summed E-state index contributed by atoms with van der Waals surface area (Å²) in [5, 5.41) is 5.51. The predicted octanol–water partition coefficient (Wildman–Crippen LogP) is 4.89. The first kappa shape index (κ1) is 17.3. The van der Waals surface area contributed by atoms with Crippen LogP contribution in [-0.4, -0.2) is 10.6 Å². The van der Waals surface area contributed by atoms with Crippen LogP contribution in [0.15, 0.2) is 50.1 Å². The number of halogens is 1. The molecule has 0 unspecified atom stereocenters. The minimum absolute atomic E-state index is 0.00324. The summed E-state index contributed by atoms with van der Waals surface area (Å²) in [7, 11) is 0. The molecule has 0 radical (unpaired) electrons. The average Bonchev–Trinajstić information content (AvgIpc) is 2.86. The fourth-order valence-electron chi connectivity index (χ4n) is 2.62. The van der Waals surface area contributed by atoms with Crippen LogP contribution in [0, 0.1) is 6.92 Å². The molecule has 2 amide bonds. The van der Waals surface area contributed by atoms with Gasteiger partial charge >= 0.3 is 11.8 Å². The number of benzene rings is 2. The number of fused-ring (bicyclic) bond motifs is 1. The van der Waals surface area contributed by atoms with E-state index in [4.69, 9.17) is 4.42 Å². The van der Waals surface area contributed by atoms with Crippen LogP contribution in [0.5, 0.6) is 0 Å². The Hall–Kier alpha value is -2.54. The smallest absolute Gasteiger partial charge is 0.408 e. The molecule has 0 aliphatic carbocycles. The number of carbonyl (C=O) groups is 1. The Kier molecular flexibility index (Phi) is 4.67. The Labute approximate surface area is 153 Å². The Bertz CT molecular complexity index is 1000. The second-order valence-corrected chi connectivity index (χ2v) is 6.91. The molecule has 3 rings (SSSR count). The van der Waals surface area contributed by atoms with E-state index in [0.717, 1.165) is 10.0 Å². The highest BCUT2D eigenvalue weighted by Crippen LogP contribution is 2.22. The molecule has 0 aliphatic rings. The quantitative estimate of drug-likeness (QED) is 0.653. The lowest BCUT2D eigenvalue weighted by Gasteiger charge is -2.09. The van der Waals surface area contributed by atoms with Crippen LogP contribution in [0.1, 0.15) is 25.5 Å². The molecule has 1 heterocycles. The molecule has 2 aromatic carbocycles. The van der Waals surface area contributed by atoms with E-state index in [0.29, 0.717) is 22.5 Å². The Morgan fingerprint density at radius 3 is 2.40 bits per heavy atom. The normalized spacial score (nSPS) is 11.1. The number of carbonyl (C=O) groups excluding carboxylic acids is 1. The number of hydrogen-bond donors (Lipinski definition) is 2. The Balaban J connectivity index is 1.79. The second kappa shape index (κ2) is 6.76. The maximum Gasteiger partial charge on any atom is 0.420 e. The van der Waals surface area contributed by atoms with E-state index in [1.54, 1.807) is 22.8 Å². The summed E-state index contributed by atoms with van der Waals surface area (Å²) < 4.78 is 7.81. The number of anilines is 2. The number of aromatic nitrogens is 1. The lowest BCUT2D eigenvalue weighted by molar-refractivity contribution is 0.262.